The summed E-state index contributed by atoms with van der Waals surface area (Å²) in [5, 5.41) is 3.97. The second-order valence-electron chi connectivity index (χ2n) is 3.48. The van der Waals surface area contributed by atoms with Crippen LogP contribution < -0.4 is 11.3 Å². The molecular formula is C12H13N3OS. The van der Waals surface area contributed by atoms with Crippen molar-refractivity contribution < 1.29 is 0 Å². The molecule has 0 fully saturated rings. The Morgan fingerprint density at radius 1 is 1.18 bits per heavy atom. The van der Waals surface area contributed by atoms with Crippen molar-refractivity contribution in [3.8, 4) is 0 Å². The molecule has 0 atom stereocenters. The van der Waals surface area contributed by atoms with Crippen molar-refractivity contribution >= 4 is 17.6 Å². The van der Waals surface area contributed by atoms with Crippen LogP contribution in [0, 0.1) is 0 Å². The number of rotatable bonds is 4. The molecule has 0 unspecified atom stereocenters. The Kier molecular flexibility index (Phi) is 3.82. The second kappa shape index (κ2) is 5.54. The van der Waals surface area contributed by atoms with Crippen molar-refractivity contribution in [3.05, 3.63) is 52.8 Å². The minimum Gasteiger partial charge on any atom is -0.382 e. The molecule has 2 N–H and O–H groups in total. The van der Waals surface area contributed by atoms with Gasteiger partial charge in [-0.05, 0) is 18.2 Å². The predicted octanol–water partition coefficient (Wildman–Crippen LogP) is 1.62. The number of aromatic nitrogens is 2. The first-order chi connectivity index (χ1) is 8.25. The van der Waals surface area contributed by atoms with E-state index in [-0.39, 0.29) is 5.56 Å². The maximum absolute atomic E-state index is 11.4. The van der Waals surface area contributed by atoms with Gasteiger partial charge in [0.25, 0.3) is 5.56 Å². The number of hydrogen-bond acceptors (Lipinski definition) is 4. The molecule has 0 aliphatic heterocycles. The Morgan fingerprint density at radius 3 is 2.71 bits per heavy atom. The fraction of sp³-hybridized carbons (Fsp3) is 0.167. The first-order valence-corrected chi connectivity index (χ1v) is 6.26. The van der Waals surface area contributed by atoms with Crippen LogP contribution in [0.15, 0.2) is 52.2 Å². The molecule has 4 nitrogen and oxygen atoms in total. The molecular weight excluding hydrogens is 234 g/mol. The molecule has 2 aromatic rings. The van der Waals surface area contributed by atoms with E-state index in [0.717, 1.165) is 5.75 Å². The highest BCUT2D eigenvalue weighted by Crippen LogP contribution is 2.16. The van der Waals surface area contributed by atoms with Gasteiger partial charge in [-0.15, -0.1) is 11.8 Å². The zero-order valence-corrected chi connectivity index (χ0v) is 10.1. The standard InChI is InChI=1S/C12H13N3OS/c13-11-6-7-12(16)15(14-11)8-9-17-10-4-2-1-3-5-10/h1-7H,8-9H2,(H2,13,14). The lowest BCUT2D eigenvalue weighted by Gasteiger charge is -2.04. The Morgan fingerprint density at radius 2 is 1.94 bits per heavy atom. The van der Waals surface area contributed by atoms with Gasteiger partial charge in [-0.3, -0.25) is 4.79 Å². The molecule has 0 bridgehead atoms. The summed E-state index contributed by atoms with van der Waals surface area (Å²) >= 11 is 1.69. The van der Waals surface area contributed by atoms with E-state index in [1.165, 1.54) is 21.7 Å². The maximum Gasteiger partial charge on any atom is 0.266 e. The molecule has 1 aromatic heterocycles. The van der Waals surface area contributed by atoms with E-state index < -0.39 is 0 Å². The SMILES string of the molecule is Nc1ccc(=O)n(CCSc2ccccc2)n1. The molecule has 0 spiro atoms. The summed E-state index contributed by atoms with van der Waals surface area (Å²) in [5.74, 6) is 1.16. The summed E-state index contributed by atoms with van der Waals surface area (Å²) in [7, 11) is 0. The average Bonchev–Trinajstić information content (AvgIpc) is 2.35. The highest BCUT2D eigenvalue weighted by atomic mass is 32.2. The summed E-state index contributed by atoms with van der Waals surface area (Å²) in [6, 6.07) is 13.0. The molecule has 2 rings (SSSR count). The van der Waals surface area contributed by atoms with E-state index in [1.807, 2.05) is 30.3 Å². The second-order valence-corrected chi connectivity index (χ2v) is 4.65. The molecule has 17 heavy (non-hydrogen) atoms. The van der Waals surface area contributed by atoms with Gasteiger partial charge in [0.15, 0.2) is 0 Å². The fourth-order valence-electron chi connectivity index (χ4n) is 1.39. The monoisotopic (exact) mass is 247 g/mol. The summed E-state index contributed by atoms with van der Waals surface area (Å²) in [4.78, 5) is 12.6. The molecule has 88 valence electrons. The molecule has 1 aromatic carbocycles. The smallest absolute Gasteiger partial charge is 0.266 e. The van der Waals surface area contributed by atoms with Crippen LogP contribution >= 0.6 is 11.8 Å². The van der Waals surface area contributed by atoms with Crippen molar-refractivity contribution in [2.75, 3.05) is 11.5 Å². The summed E-state index contributed by atoms with van der Waals surface area (Å²) in [6.45, 7) is 0.559. The zero-order chi connectivity index (χ0) is 12.1. The van der Waals surface area contributed by atoms with Gasteiger partial charge in [0.05, 0.1) is 6.54 Å². The van der Waals surface area contributed by atoms with E-state index in [2.05, 4.69) is 5.10 Å². The van der Waals surface area contributed by atoms with Crippen molar-refractivity contribution in [1.29, 1.82) is 0 Å². The highest BCUT2D eigenvalue weighted by Gasteiger charge is 1.99. The Hall–Kier alpha value is -1.75. The van der Waals surface area contributed by atoms with Gasteiger partial charge in [0.2, 0.25) is 0 Å². The van der Waals surface area contributed by atoms with Gasteiger partial charge in [0.1, 0.15) is 5.82 Å². The summed E-state index contributed by atoms with van der Waals surface area (Å²) < 4.78 is 1.39. The normalized spacial score (nSPS) is 10.4. The molecule has 0 amide bonds. The van der Waals surface area contributed by atoms with Crippen LogP contribution in [0.4, 0.5) is 5.82 Å². The lowest BCUT2D eigenvalue weighted by Crippen LogP contribution is -2.23. The molecule has 0 aliphatic rings. The first kappa shape index (κ1) is 11.7. The predicted molar refractivity (Wildman–Crippen MR) is 70.1 cm³/mol. The fourth-order valence-corrected chi connectivity index (χ4v) is 2.24. The lowest BCUT2D eigenvalue weighted by atomic mass is 10.4. The van der Waals surface area contributed by atoms with Crippen molar-refractivity contribution in [2.24, 2.45) is 0 Å². The molecule has 0 radical (unpaired) electrons. The van der Waals surface area contributed by atoms with Crippen LogP contribution in [-0.2, 0) is 6.54 Å². The number of hydrogen-bond donors (Lipinski definition) is 1. The topological polar surface area (TPSA) is 60.9 Å². The van der Waals surface area contributed by atoms with E-state index in [0.29, 0.717) is 12.4 Å². The van der Waals surface area contributed by atoms with Crippen LogP contribution in [0.1, 0.15) is 0 Å². The average molecular weight is 247 g/mol. The third-order valence-corrected chi connectivity index (χ3v) is 3.19. The van der Waals surface area contributed by atoms with Crippen LogP contribution in [0.3, 0.4) is 0 Å². The van der Waals surface area contributed by atoms with Crippen molar-refractivity contribution in [1.82, 2.24) is 9.78 Å². The maximum atomic E-state index is 11.4. The number of aryl methyl sites for hydroxylation is 1. The van der Waals surface area contributed by atoms with Gasteiger partial charge in [-0.1, -0.05) is 18.2 Å². The molecule has 0 saturated carbocycles. The molecule has 5 heteroatoms. The quantitative estimate of drug-likeness (QED) is 0.834. The van der Waals surface area contributed by atoms with Crippen LogP contribution in [-0.4, -0.2) is 15.5 Å². The van der Waals surface area contributed by atoms with E-state index >= 15 is 0 Å². The van der Waals surface area contributed by atoms with Gasteiger partial charge >= 0.3 is 0 Å². The van der Waals surface area contributed by atoms with E-state index in [9.17, 15) is 4.79 Å². The van der Waals surface area contributed by atoms with E-state index in [4.69, 9.17) is 5.73 Å². The minimum absolute atomic E-state index is 0.118. The Balaban J connectivity index is 1.94. The number of anilines is 1. The third kappa shape index (κ3) is 3.35. The van der Waals surface area contributed by atoms with Crippen LogP contribution in [0.25, 0.3) is 0 Å². The number of nitrogens with zero attached hydrogens (tertiary/aromatic N) is 2. The third-order valence-electron chi connectivity index (χ3n) is 2.20. The minimum atomic E-state index is -0.118. The molecule has 1 heterocycles. The first-order valence-electron chi connectivity index (χ1n) is 5.27. The Labute approximate surface area is 103 Å². The summed E-state index contributed by atoms with van der Waals surface area (Å²) in [5.41, 5.74) is 5.41. The van der Waals surface area contributed by atoms with E-state index in [1.54, 1.807) is 11.8 Å². The largest absolute Gasteiger partial charge is 0.382 e. The number of benzene rings is 1. The highest BCUT2D eigenvalue weighted by molar-refractivity contribution is 7.99. The number of nitrogens with two attached hydrogens (primary N) is 1. The van der Waals surface area contributed by atoms with Crippen molar-refractivity contribution in [2.45, 2.75) is 11.4 Å². The van der Waals surface area contributed by atoms with Crippen molar-refractivity contribution in [3.63, 3.8) is 0 Å². The van der Waals surface area contributed by atoms with Gasteiger partial charge in [0, 0.05) is 16.7 Å². The van der Waals surface area contributed by atoms with Crippen LogP contribution in [0.5, 0.6) is 0 Å². The van der Waals surface area contributed by atoms with Crippen LogP contribution in [0.2, 0.25) is 0 Å². The Bertz CT molecular complexity index is 539. The number of nitrogen functional groups attached to an aromatic ring is 1. The van der Waals surface area contributed by atoms with Gasteiger partial charge in [-0.25, -0.2) is 4.68 Å². The van der Waals surface area contributed by atoms with Gasteiger partial charge < -0.3 is 5.73 Å². The van der Waals surface area contributed by atoms with Gasteiger partial charge in [-0.2, -0.15) is 5.10 Å². The zero-order valence-electron chi connectivity index (χ0n) is 9.24. The summed E-state index contributed by atoms with van der Waals surface area (Å²) in [6.07, 6.45) is 0. The molecule has 0 aliphatic carbocycles. The lowest BCUT2D eigenvalue weighted by molar-refractivity contribution is 0.626. The number of thioether (sulfide) groups is 1. The molecule has 0 saturated heterocycles.